The van der Waals surface area contributed by atoms with E-state index < -0.39 is 0 Å². The second kappa shape index (κ2) is 3.93. The fraction of sp³-hybridized carbons (Fsp3) is 0.714. The first-order chi connectivity index (χ1) is 7.31. The minimum atomic E-state index is 0.991. The van der Waals surface area contributed by atoms with Gasteiger partial charge in [-0.1, -0.05) is 23.4 Å². The van der Waals surface area contributed by atoms with Gasteiger partial charge in [-0.25, -0.2) is 0 Å². The molecule has 0 heterocycles. The summed E-state index contributed by atoms with van der Waals surface area (Å²) in [5.41, 5.74) is 0. The molecule has 0 aromatic carbocycles. The summed E-state index contributed by atoms with van der Waals surface area (Å²) < 4.78 is 0. The lowest BCUT2D eigenvalue weighted by Gasteiger charge is -2.05. The summed E-state index contributed by atoms with van der Waals surface area (Å²) in [4.78, 5) is 0. The number of hydrogen-bond acceptors (Lipinski definition) is 0. The molecule has 4 unspecified atom stereocenters. The minimum absolute atomic E-state index is 0.991. The molecule has 82 valence electrons. The average molecular weight is 218 g/mol. The second-order valence-electron chi connectivity index (χ2n) is 5.90. The summed E-state index contributed by atoms with van der Waals surface area (Å²) in [5, 5.41) is 1.81. The van der Waals surface area contributed by atoms with Crippen molar-refractivity contribution >= 4 is 10.2 Å². The largest absolute Gasteiger partial charge is 0.0923 e. The number of hydrogen-bond donors (Lipinski definition) is 0. The molecule has 4 aliphatic rings. The quantitative estimate of drug-likeness (QED) is 0.433. The van der Waals surface area contributed by atoms with Gasteiger partial charge in [-0.15, -0.1) is 0 Å². The SMILES string of the molecule is C1=CC2CCC1C2.[SiH3]C1=CC2CCC1C2. The van der Waals surface area contributed by atoms with Gasteiger partial charge in [-0.2, -0.15) is 0 Å². The molecule has 0 aromatic heterocycles. The third kappa shape index (κ3) is 1.99. The van der Waals surface area contributed by atoms with E-state index in [2.05, 4.69) is 18.2 Å². The summed E-state index contributed by atoms with van der Waals surface area (Å²) in [6.45, 7) is 0. The van der Waals surface area contributed by atoms with E-state index in [1.54, 1.807) is 5.20 Å². The first-order valence-electron chi connectivity index (χ1n) is 6.68. The Balaban J connectivity index is 0.0000000971. The van der Waals surface area contributed by atoms with Crippen LogP contribution in [-0.4, -0.2) is 10.2 Å². The highest BCUT2D eigenvalue weighted by Crippen LogP contribution is 2.42. The van der Waals surface area contributed by atoms with Crippen molar-refractivity contribution in [3.63, 3.8) is 0 Å². The molecule has 4 atom stereocenters. The molecule has 0 aromatic rings. The lowest BCUT2D eigenvalue weighted by atomic mass is 10.1. The third-order valence-electron chi connectivity index (χ3n) is 4.78. The van der Waals surface area contributed by atoms with Crippen LogP contribution in [0, 0.1) is 23.7 Å². The summed E-state index contributed by atoms with van der Waals surface area (Å²) in [7, 11) is 1.34. The van der Waals surface area contributed by atoms with Gasteiger partial charge in [-0.05, 0) is 62.2 Å². The van der Waals surface area contributed by atoms with Crippen LogP contribution in [0.4, 0.5) is 0 Å². The zero-order valence-electron chi connectivity index (χ0n) is 9.78. The number of allylic oxidation sites excluding steroid dienone is 4. The second-order valence-corrected chi connectivity index (χ2v) is 7.05. The highest BCUT2D eigenvalue weighted by molar-refractivity contribution is 6.22. The van der Waals surface area contributed by atoms with E-state index in [4.69, 9.17) is 0 Å². The summed E-state index contributed by atoms with van der Waals surface area (Å²) in [6.07, 6.45) is 16.2. The van der Waals surface area contributed by atoms with Crippen LogP contribution in [0.3, 0.4) is 0 Å². The van der Waals surface area contributed by atoms with E-state index in [-0.39, 0.29) is 0 Å². The Morgan fingerprint density at radius 3 is 1.73 bits per heavy atom. The van der Waals surface area contributed by atoms with Gasteiger partial charge in [-0.3, -0.25) is 0 Å². The molecular weight excluding hydrogens is 196 g/mol. The minimum Gasteiger partial charge on any atom is -0.0923 e. The average Bonchev–Trinajstić information content (AvgIpc) is 2.99. The molecule has 4 bridgehead atoms. The van der Waals surface area contributed by atoms with Crippen LogP contribution in [0.25, 0.3) is 0 Å². The van der Waals surface area contributed by atoms with Crippen molar-refractivity contribution in [2.24, 2.45) is 23.7 Å². The van der Waals surface area contributed by atoms with Crippen LogP contribution in [0.5, 0.6) is 0 Å². The van der Waals surface area contributed by atoms with Crippen LogP contribution >= 0.6 is 0 Å². The van der Waals surface area contributed by atoms with Crippen molar-refractivity contribution in [2.45, 2.75) is 38.5 Å². The topological polar surface area (TPSA) is 0 Å². The van der Waals surface area contributed by atoms with Gasteiger partial charge in [0, 0.05) is 10.2 Å². The first-order valence-corrected chi connectivity index (χ1v) is 7.68. The Bertz CT molecular complexity index is 290. The predicted octanol–water partition coefficient (Wildman–Crippen LogP) is 2.64. The number of rotatable bonds is 0. The van der Waals surface area contributed by atoms with Crippen molar-refractivity contribution in [1.82, 2.24) is 0 Å². The maximum atomic E-state index is 2.53. The van der Waals surface area contributed by atoms with Crippen LogP contribution in [0.15, 0.2) is 23.4 Å². The van der Waals surface area contributed by atoms with E-state index in [9.17, 15) is 0 Å². The Hall–Kier alpha value is -0.303. The highest BCUT2D eigenvalue weighted by atomic mass is 28.1. The molecule has 4 aliphatic carbocycles. The number of fused-ring (bicyclic) bond motifs is 4. The molecule has 0 N–H and O–H groups in total. The van der Waals surface area contributed by atoms with E-state index >= 15 is 0 Å². The van der Waals surface area contributed by atoms with Crippen LogP contribution in [0.1, 0.15) is 38.5 Å². The zero-order valence-corrected chi connectivity index (χ0v) is 11.8. The molecule has 15 heavy (non-hydrogen) atoms. The zero-order chi connectivity index (χ0) is 10.3. The van der Waals surface area contributed by atoms with E-state index in [0.717, 1.165) is 23.7 Å². The molecule has 0 spiro atoms. The predicted molar refractivity (Wildman–Crippen MR) is 68.8 cm³/mol. The monoisotopic (exact) mass is 218 g/mol. The van der Waals surface area contributed by atoms with Gasteiger partial charge < -0.3 is 0 Å². The molecular formula is C14H22Si. The summed E-state index contributed by atoms with van der Waals surface area (Å²) in [6, 6.07) is 0. The molecule has 1 heteroatoms. The van der Waals surface area contributed by atoms with Gasteiger partial charge >= 0.3 is 0 Å². The third-order valence-corrected chi connectivity index (χ3v) is 5.93. The fourth-order valence-electron chi connectivity index (χ4n) is 3.81. The Morgan fingerprint density at radius 1 is 0.867 bits per heavy atom. The van der Waals surface area contributed by atoms with Gasteiger partial charge in [0.1, 0.15) is 0 Å². The molecule has 0 nitrogen and oxygen atoms in total. The normalized spacial score (nSPS) is 44.4. The Labute approximate surface area is 96.3 Å². The molecule has 0 amide bonds. The summed E-state index contributed by atoms with van der Waals surface area (Å²) in [5.74, 6) is 4.06. The molecule has 0 aliphatic heterocycles. The maximum Gasteiger partial charge on any atom is 0.0332 e. The lowest BCUT2D eigenvalue weighted by Crippen LogP contribution is -1.95. The molecule has 0 saturated heterocycles. The summed E-state index contributed by atoms with van der Waals surface area (Å²) >= 11 is 0. The molecule has 2 fully saturated rings. The first kappa shape index (κ1) is 9.89. The van der Waals surface area contributed by atoms with Gasteiger partial charge in [0.05, 0.1) is 0 Å². The molecule has 4 rings (SSSR count). The van der Waals surface area contributed by atoms with Gasteiger partial charge in [0.2, 0.25) is 0 Å². The molecule has 0 radical (unpaired) electrons. The molecule has 2 saturated carbocycles. The van der Waals surface area contributed by atoms with Crippen molar-refractivity contribution in [3.05, 3.63) is 23.4 Å². The van der Waals surface area contributed by atoms with Crippen LogP contribution in [0.2, 0.25) is 0 Å². The highest BCUT2D eigenvalue weighted by Gasteiger charge is 2.29. The van der Waals surface area contributed by atoms with Crippen LogP contribution < -0.4 is 0 Å². The van der Waals surface area contributed by atoms with Crippen LogP contribution in [-0.2, 0) is 0 Å². The lowest BCUT2D eigenvalue weighted by molar-refractivity contribution is 0.684. The maximum absolute atomic E-state index is 2.53. The van der Waals surface area contributed by atoms with Crippen molar-refractivity contribution < 1.29 is 0 Å². The fourth-order valence-corrected chi connectivity index (χ4v) is 4.80. The van der Waals surface area contributed by atoms with E-state index in [1.807, 2.05) is 0 Å². The van der Waals surface area contributed by atoms with Crippen molar-refractivity contribution in [2.75, 3.05) is 0 Å². The van der Waals surface area contributed by atoms with Gasteiger partial charge in [0.25, 0.3) is 0 Å². The Kier molecular flexibility index (Phi) is 2.59. The van der Waals surface area contributed by atoms with Crippen molar-refractivity contribution in [3.8, 4) is 0 Å². The smallest absolute Gasteiger partial charge is 0.0332 e. The van der Waals surface area contributed by atoms with E-state index in [0.29, 0.717) is 0 Å². The Morgan fingerprint density at radius 2 is 1.53 bits per heavy atom. The standard InChI is InChI=1S/C7H12Si.C7H10/c8-7-4-5-1-2-6(7)3-5;1-2-7-4-3-6(1)5-7/h4-6H,1-3H2,8H3;1-2,6-7H,3-5H2. The van der Waals surface area contributed by atoms with Crippen molar-refractivity contribution in [1.29, 1.82) is 0 Å². The van der Waals surface area contributed by atoms with Gasteiger partial charge in [0.15, 0.2) is 0 Å². The van der Waals surface area contributed by atoms with E-state index in [1.165, 1.54) is 48.8 Å².